The van der Waals surface area contributed by atoms with Crippen LogP contribution in [0.4, 0.5) is 0 Å². The first-order chi connectivity index (χ1) is 19.0. The second-order valence-corrected chi connectivity index (χ2v) is 10.8. The fourth-order valence-electron chi connectivity index (χ4n) is 5.49. The highest BCUT2D eigenvalue weighted by Gasteiger charge is 2.42. The van der Waals surface area contributed by atoms with Crippen LogP contribution in [0.3, 0.4) is 0 Å². The third kappa shape index (κ3) is 5.09. The molecule has 0 spiro atoms. The first kappa shape index (κ1) is 25.4. The molecule has 0 N–H and O–H groups in total. The summed E-state index contributed by atoms with van der Waals surface area (Å²) in [6, 6.07) is 5.31. The summed E-state index contributed by atoms with van der Waals surface area (Å²) in [5.74, 6) is 0.730. The first-order valence-corrected chi connectivity index (χ1v) is 14.0. The van der Waals surface area contributed by atoms with E-state index in [2.05, 4.69) is 15.1 Å². The van der Waals surface area contributed by atoms with E-state index in [1.165, 1.54) is 26.9 Å². The van der Waals surface area contributed by atoms with Crippen LogP contribution < -0.4 is 11.2 Å². The molecule has 3 aromatic heterocycles. The number of hydrogen-bond acceptors (Lipinski definition) is 8. The van der Waals surface area contributed by atoms with Gasteiger partial charge in [0, 0.05) is 31.7 Å². The first-order valence-electron chi connectivity index (χ1n) is 14.0. The van der Waals surface area contributed by atoms with Gasteiger partial charge in [-0.15, -0.1) is 0 Å². The maximum Gasteiger partial charge on any atom is 0.331 e. The Morgan fingerprint density at radius 2 is 1.77 bits per heavy atom. The summed E-state index contributed by atoms with van der Waals surface area (Å²) < 4.78 is 7.97. The van der Waals surface area contributed by atoms with E-state index in [4.69, 9.17) is 4.52 Å². The summed E-state index contributed by atoms with van der Waals surface area (Å²) in [7, 11) is 0. The molecule has 1 aliphatic heterocycles. The fourth-order valence-corrected chi connectivity index (χ4v) is 5.49. The van der Waals surface area contributed by atoms with Crippen LogP contribution in [-0.2, 0) is 30.7 Å². The minimum atomic E-state index is -0.527. The highest BCUT2D eigenvalue weighted by Crippen LogP contribution is 2.34. The summed E-state index contributed by atoms with van der Waals surface area (Å²) in [6.45, 7) is 0.558. The molecule has 11 nitrogen and oxygen atoms in total. The van der Waals surface area contributed by atoms with Crippen LogP contribution in [0.2, 0.25) is 0 Å². The van der Waals surface area contributed by atoms with Gasteiger partial charge in [0.05, 0.1) is 12.0 Å². The molecule has 2 fully saturated rings. The molecule has 0 unspecified atom stereocenters. The molecule has 2 saturated carbocycles. The van der Waals surface area contributed by atoms with Gasteiger partial charge in [-0.2, -0.15) is 4.98 Å². The van der Waals surface area contributed by atoms with E-state index in [1.807, 2.05) is 6.07 Å². The number of aromatic nitrogens is 5. The van der Waals surface area contributed by atoms with Crippen LogP contribution in [0.25, 0.3) is 11.6 Å². The second kappa shape index (κ2) is 10.7. The zero-order valence-corrected chi connectivity index (χ0v) is 21.9. The van der Waals surface area contributed by atoms with Crippen LogP contribution in [0, 0.1) is 5.92 Å². The molecular formula is C28H32N6O5. The Labute approximate surface area is 224 Å². The van der Waals surface area contributed by atoms with Crippen LogP contribution >= 0.6 is 0 Å². The Morgan fingerprint density at radius 1 is 0.949 bits per heavy atom. The summed E-state index contributed by atoms with van der Waals surface area (Å²) in [4.78, 5) is 63.3. The number of hydrogen-bond donors (Lipinski definition) is 0. The summed E-state index contributed by atoms with van der Waals surface area (Å²) >= 11 is 0. The number of nitrogens with zero attached hydrogens (tertiary/aromatic N) is 6. The lowest BCUT2D eigenvalue weighted by molar-refractivity contribution is -0.131. The highest BCUT2D eigenvalue weighted by molar-refractivity contribution is 6.09. The van der Waals surface area contributed by atoms with Crippen molar-refractivity contribution in [3.05, 3.63) is 62.3 Å². The van der Waals surface area contributed by atoms with Crippen molar-refractivity contribution in [3.63, 3.8) is 0 Å². The number of imide groups is 1. The Bertz CT molecular complexity index is 1500. The van der Waals surface area contributed by atoms with Crippen LogP contribution in [0.5, 0.6) is 0 Å². The quantitative estimate of drug-likeness (QED) is 0.272. The van der Waals surface area contributed by atoms with E-state index >= 15 is 0 Å². The number of unbranched alkanes of at least 4 members (excludes halogenated alkanes) is 1. The molecule has 6 rings (SSSR count). The Hall–Kier alpha value is -3.89. The van der Waals surface area contributed by atoms with Crippen molar-refractivity contribution in [3.8, 4) is 11.6 Å². The van der Waals surface area contributed by atoms with Crippen LogP contribution in [0.15, 0.2) is 38.5 Å². The molecule has 3 aliphatic rings. The second-order valence-electron chi connectivity index (χ2n) is 10.8. The molecule has 0 atom stereocenters. The van der Waals surface area contributed by atoms with E-state index in [-0.39, 0.29) is 36.2 Å². The number of amides is 2. The van der Waals surface area contributed by atoms with Crippen molar-refractivity contribution < 1.29 is 14.1 Å². The van der Waals surface area contributed by atoms with Gasteiger partial charge in [0.2, 0.25) is 5.91 Å². The van der Waals surface area contributed by atoms with Gasteiger partial charge < -0.3 is 4.52 Å². The van der Waals surface area contributed by atoms with Gasteiger partial charge in [-0.1, -0.05) is 24.1 Å². The van der Waals surface area contributed by atoms with Crippen LogP contribution in [-0.4, -0.2) is 47.0 Å². The third-order valence-electron chi connectivity index (χ3n) is 8.05. The van der Waals surface area contributed by atoms with Gasteiger partial charge in [0.25, 0.3) is 17.4 Å². The lowest BCUT2D eigenvalue weighted by atomic mass is 9.89. The van der Waals surface area contributed by atoms with Gasteiger partial charge in [0.15, 0.2) is 5.82 Å². The Balaban J connectivity index is 1.20. The van der Waals surface area contributed by atoms with Crippen molar-refractivity contribution in [2.24, 2.45) is 5.92 Å². The predicted molar refractivity (Wildman–Crippen MR) is 140 cm³/mol. The van der Waals surface area contributed by atoms with E-state index in [0.29, 0.717) is 49.1 Å². The number of fused-ring (bicyclic) bond motifs is 1. The van der Waals surface area contributed by atoms with Crippen LogP contribution in [0.1, 0.15) is 79.7 Å². The van der Waals surface area contributed by atoms with Gasteiger partial charge in [0.1, 0.15) is 11.4 Å². The summed E-state index contributed by atoms with van der Waals surface area (Å²) in [5, 5.41) is 4.01. The molecular weight excluding hydrogens is 500 g/mol. The van der Waals surface area contributed by atoms with Gasteiger partial charge >= 0.3 is 5.69 Å². The maximum absolute atomic E-state index is 13.6. The Kier molecular flexibility index (Phi) is 6.97. The standard InChI is InChI=1S/C28H32N6O5/c35-23-17-20-24(27(37)34(23)19-8-5-9-19)32(16-6-7-18-12-13-18)28(38)33(26(20)36)15-4-2-11-22-30-25(39-31-22)21-10-1-3-14-29-21/h1,3,10,14,18-19H,2,4-9,11-13,15-17H2. The van der Waals surface area contributed by atoms with E-state index < -0.39 is 17.2 Å². The highest BCUT2D eigenvalue weighted by atomic mass is 16.5. The lowest BCUT2D eigenvalue weighted by Crippen LogP contribution is -2.56. The molecule has 2 aliphatic carbocycles. The van der Waals surface area contributed by atoms with Gasteiger partial charge in [-0.3, -0.25) is 33.4 Å². The van der Waals surface area contributed by atoms with E-state index in [1.54, 1.807) is 18.3 Å². The summed E-state index contributed by atoms with van der Waals surface area (Å²) in [6.07, 6.45) is 9.87. The van der Waals surface area contributed by atoms with Gasteiger partial charge in [-0.05, 0) is 63.0 Å². The van der Waals surface area contributed by atoms with Gasteiger partial charge in [-0.25, -0.2) is 4.79 Å². The SMILES string of the molecule is O=C1Cc2c(n(CCCC3CC3)c(=O)n(CCCCc3noc(-c4ccccn4)n3)c2=O)C(=O)N1C1CCC1. The number of carbonyl (C=O) groups is 2. The van der Waals surface area contributed by atoms with Crippen molar-refractivity contribution in [1.82, 2.24) is 29.2 Å². The predicted octanol–water partition coefficient (Wildman–Crippen LogP) is 2.75. The molecule has 204 valence electrons. The average Bonchev–Trinajstić information content (AvgIpc) is 3.62. The number of pyridine rings is 1. The summed E-state index contributed by atoms with van der Waals surface area (Å²) in [5.41, 5.74) is -0.121. The van der Waals surface area contributed by atoms with E-state index in [0.717, 1.165) is 32.1 Å². The zero-order valence-electron chi connectivity index (χ0n) is 21.9. The molecule has 0 bridgehead atoms. The molecule has 0 saturated heterocycles. The molecule has 0 aromatic carbocycles. The smallest absolute Gasteiger partial charge is 0.331 e. The lowest BCUT2D eigenvalue weighted by Gasteiger charge is -2.39. The topological polar surface area (TPSA) is 133 Å². The number of carbonyl (C=O) groups excluding carboxylic acids is 2. The normalized spacial score (nSPS) is 17.4. The van der Waals surface area contributed by atoms with Crippen molar-refractivity contribution in [2.75, 3.05) is 0 Å². The maximum atomic E-state index is 13.6. The molecule has 4 heterocycles. The number of rotatable bonds is 11. The molecule has 39 heavy (non-hydrogen) atoms. The monoisotopic (exact) mass is 532 g/mol. The fraction of sp³-hybridized carbons (Fsp3) is 0.536. The van der Waals surface area contributed by atoms with Crippen molar-refractivity contribution in [1.29, 1.82) is 0 Å². The minimum Gasteiger partial charge on any atom is -0.332 e. The van der Waals surface area contributed by atoms with Crippen molar-refractivity contribution >= 4 is 11.8 Å². The molecule has 0 radical (unpaired) electrons. The zero-order chi connectivity index (χ0) is 26.9. The number of aryl methyl sites for hydroxylation is 1. The third-order valence-corrected chi connectivity index (χ3v) is 8.05. The molecule has 11 heteroatoms. The van der Waals surface area contributed by atoms with Crippen molar-refractivity contribution in [2.45, 2.75) is 89.8 Å². The Morgan fingerprint density at radius 3 is 2.49 bits per heavy atom. The average molecular weight is 533 g/mol. The minimum absolute atomic E-state index is 0.123. The molecule has 2 amide bonds. The van der Waals surface area contributed by atoms with E-state index in [9.17, 15) is 19.2 Å². The molecule has 3 aromatic rings. The largest absolute Gasteiger partial charge is 0.332 e.